The third-order valence-electron chi connectivity index (χ3n) is 5.78. The minimum Gasteiger partial charge on any atom is -0.436 e. The van der Waals surface area contributed by atoms with Gasteiger partial charge in [0.25, 0.3) is 0 Å². The molecular formula is C23H31N5O4. The lowest BCUT2D eigenvalue weighted by molar-refractivity contribution is -0.0545. The number of fused-ring (bicyclic) bond motifs is 1. The molecule has 1 saturated carbocycles. The number of benzene rings is 1. The predicted molar refractivity (Wildman–Crippen MR) is 122 cm³/mol. The van der Waals surface area contributed by atoms with Gasteiger partial charge in [-0.3, -0.25) is 0 Å². The molecule has 3 unspecified atom stereocenters. The van der Waals surface area contributed by atoms with Crippen LogP contribution in [0.2, 0.25) is 0 Å². The van der Waals surface area contributed by atoms with Crippen LogP contribution in [0.3, 0.4) is 0 Å². The Balaban J connectivity index is 1.77. The predicted octanol–water partition coefficient (Wildman–Crippen LogP) is 2.91. The van der Waals surface area contributed by atoms with E-state index >= 15 is 0 Å². The highest BCUT2D eigenvalue weighted by Crippen LogP contribution is 2.39. The standard InChI is InChI=1S/C23H31N5O4/c1-13-17(20-26-15-7-5-6-8-16(15)32-20)19(27-21(25-13)24-12-22(2,3)4)28-23(31)10-9-14(11-29)18(23)30/h5-8,14,18,29-31H,9-12H2,1-4H3,(H2,24,25,27,28). The Kier molecular flexibility index (Phi) is 5.83. The Labute approximate surface area is 186 Å². The second-order valence-corrected chi connectivity index (χ2v) is 9.73. The quantitative estimate of drug-likeness (QED) is 0.366. The molecule has 5 N–H and O–H groups in total. The molecule has 0 aliphatic heterocycles. The van der Waals surface area contributed by atoms with Crippen molar-refractivity contribution in [2.24, 2.45) is 11.3 Å². The topological polar surface area (TPSA) is 137 Å². The first kappa shape index (κ1) is 22.4. The van der Waals surface area contributed by atoms with Gasteiger partial charge < -0.3 is 30.4 Å². The smallest absolute Gasteiger partial charge is 0.232 e. The Morgan fingerprint density at radius 1 is 1.19 bits per heavy atom. The molecule has 0 spiro atoms. The molecule has 0 saturated heterocycles. The number of aryl methyl sites for hydroxylation is 1. The Bertz CT molecular complexity index is 1080. The minimum atomic E-state index is -1.64. The van der Waals surface area contributed by atoms with E-state index in [4.69, 9.17) is 4.42 Å². The van der Waals surface area contributed by atoms with Gasteiger partial charge in [0.05, 0.1) is 5.69 Å². The number of hydrogen-bond donors (Lipinski definition) is 5. The molecule has 0 radical (unpaired) electrons. The summed E-state index contributed by atoms with van der Waals surface area (Å²) in [4.78, 5) is 13.8. The molecule has 0 bridgehead atoms. The molecule has 2 heterocycles. The van der Waals surface area contributed by atoms with Crippen molar-refractivity contribution in [2.75, 3.05) is 23.8 Å². The van der Waals surface area contributed by atoms with E-state index in [1.807, 2.05) is 31.2 Å². The molecule has 32 heavy (non-hydrogen) atoms. The van der Waals surface area contributed by atoms with Crippen molar-refractivity contribution in [1.82, 2.24) is 15.0 Å². The fraction of sp³-hybridized carbons (Fsp3) is 0.522. The third kappa shape index (κ3) is 4.41. The van der Waals surface area contributed by atoms with Crippen LogP contribution in [0, 0.1) is 18.3 Å². The van der Waals surface area contributed by atoms with E-state index in [0.717, 1.165) is 0 Å². The summed E-state index contributed by atoms with van der Waals surface area (Å²) in [6.45, 7) is 8.57. The monoisotopic (exact) mass is 441 g/mol. The largest absolute Gasteiger partial charge is 0.436 e. The van der Waals surface area contributed by atoms with Crippen molar-refractivity contribution in [1.29, 1.82) is 0 Å². The van der Waals surface area contributed by atoms with Crippen LogP contribution in [-0.2, 0) is 0 Å². The van der Waals surface area contributed by atoms with E-state index in [0.29, 0.717) is 53.0 Å². The summed E-state index contributed by atoms with van der Waals surface area (Å²) < 4.78 is 5.96. The Morgan fingerprint density at radius 2 is 1.94 bits per heavy atom. The Morgan fingerprint density at radius 3 is 2.59 bits per heavy atom. The Hall–Kier alpha value is -2.75. The number of para-hydroxylation sites is 2. The molecule has 172 valence electrons. The number of aliphatic hydroxyl groups is 3. The maximum atomic E-state index is 11.2. The van der Waals surface area contributed by atoms with Gasteiger partial charge in [-0.05, 0) is 37.3 Å². The van der Waals surface area contributed by atoms with Crippen molar-refractivity contribution in [3.63, 3.8) is 0 Å². The molecular weight excluding hydrogens is 410 g/mol. The van der Waals surface area contributed by atoms with Crippen LogP contribution >= 0.6 is 0 Å². The van der Waals surface area contributed by atoms with E-state index in [2.05, 4.69) is 46.4 Å². The van der Waals surface area contributed by atoms with E-state index < -0.39 is 17.7 Å². The van der Waals surface area contributed by atoms with E-state index in [1.54, 1.807) is 0 Å². The minimum absolute atomic E-state index is 0.0119. The maximum absolute atomic E-state index is 11.2. The fourth-order valence-corrected chi connectivity index (χ4v) is 3.96. The van der Waals surface area contributed by atoms with Gasteiger partial charge in [0, 0.05) is 19.1 Å². The molecule has 4 rings (SSSR count). The van der Waals surface area contributed by atoms with Crippen molar-refractivity contribution >= 4 is 22.9 Å². The molecule has 0 amide bonds. The van der Waals surface area contributed by atoms with Crippen LogP contribution in [0.25, 0.3) is 22.6 Å². The lowest BCUT2D eigenvalue weighted by atomic mass is 9.97. The van der Waals surface area contributed by atoms with Crippen molar-refractivity contribution in [3.05, 3.63) is 30.0 Å². The first-order valence-electron chi connectivity index (χ1n) is 10.9. The fourth-order valence-electron chi connectivity index (χ4n) is 3.96. The number of hydrogen-bond acceptors (Lipinski definition) is 9. The number of oxazole rings is 1. The average Bonchev–Trinajstić information content (AvgIpc) is 3.26. The highest BCUT2D eigenvalue weighted by Gasteiger charge is 2.47. The second-order valence-electron chi connectivity index (χ2n) is 9.73. The van der Waals surface area contributed by atoms with Gasteiger partial charge in [0.2, 0.25) is 11.8 Å². The molecule has 3 atom stereocenters. The molecule has 9 nitrogen and oxygen atoms in total. The first-order chi connectivity index (χ1) is 15.1. The summed E-state index contributed by atoms with van der Waals surface area (Å²) in [6, 6.07) is 7.43. The lowest BCUT2D eigenvalue weighted by Crippen LogP contribution is -2.48. The van der Waals surface area contributed by atoms with Crippen molar-refractivity contribution in [2.45, 2.75) is 52.4 Å². The number of aliphatic hydroxyl groups excluding tert-OH is 2. The summed E-state index contributed by atoms with van der Waals surface area (Å²) in [5.41, 5.74) is 0.815. The zero-order chi connectivity index (χ0) is 23.1. The third-order valence-corrected chi connectivity index (χ3v) is 5.78. The molecule has 3 aromatic rings. The van der Waals surface area contributed by atoms with Crippen LogP contribution < -0.4 is 10.6 Å². The van der Waals surface area contributed by atoms with Crippen LogP contribution in [-0.4, -0.2) is 55.3 Å². The van der Waals surface area contributed by atoms with Gasteiger partial charge in [0.1, 0.15) is 23.0 Å². The zero-order valence-electron chi connectivity index (χ0n) is 18.9. The summed E-state index contributed by atoms with van der Waals surface area (Å²) in [5.74, 6) is 0.611. The summed E-state index contributed by atoms with van der Waals surface area (Å²) in [5, 5.41) is 37.6. The van der Waals surface area contributed by atoms with Gasteiger partial charge in [-0.2, -0.15) is 4.98 Å². The number of anilines is 2. The van der Waals surface area contributed by atoms with Crippen LogP contribution in [0.15, 0.2) is 28.7 Å². The maximum Gasteiger partial charge on any atom is 0.232 e. The molecule has 1 aliphatic rings. The molecule has 1 fully saturated rings. The van der Waals surface area contributed by atoms with Crippen molar-refractivity contribution < 1.29 is 19.7 Å². The van der Waals surface area contributed by atoms with Gasteiger partial charge in [-0.1, -0.05) is 32.9 Å². The number of nitrogens with zero attached hydrogens (tertiary/aromatic N) is 3. The summed E-state index contributed by atoms with van der Waals surface area (Å²) in [6.07, 6.45) is -0.399. The molecule has 1 aliphatic carbocycles. The van der Waals surface area contributed by atoms with Crippen molar-refractivity contribution in [3.8, 4) is 11.5 Å². The van der Waals surface area contributed by atoms with Crippen LogP contribution in [0.4, 0.5) is 11.8 Å². The first-order valence-corrected chi connectivity index (χ1v) is 10.9. The van der Waals surface area contributed by atoms with E-state index in [-0.39, 0.29) is 18.4 Å². The lowest BCUT2D eigenvalue weighted by Gasteiger charge is -2.31. The van der Waals surface area contributed by atoms with Gasteiger partial charge in [0.15, 0.2) is 11.3 Å². The zero-order valence-corrected chi connectivity index (χ0v) is 18.9. The molecule has 2 aromatic heterocycles. The second kappa shape index (κ2) is 8.31. The van der Waals surface area contributed by atoms with Gasteiger partial charge in [-0.25, -0.2) is 9.97 Å². The van der Waals surface area contributed by atoms with E-state index in [9.17, 15) is 15.3 Å². The van der Waals surface area contributed by atoms with Crippen LogP contribution in [0.1, 0.15) is 39.3 Å². The highest BCUT2D eigenvalue weighted by atomic mass is 16.4. The number of aromatic nitrogens is 3. The SMILES string of the molecule is Cc1nc(NCC(C)(C)C)nc(NC2(O)CCC(CO)C2O)c1-c1nc2ccccc2o1. The molecule has 1 aromatic carbocycles. The average molecular weight is 442 g/mol. The molecule has 9 heteroatoms. The highest BCUT2D eigenvalue weighted by molar-refractivity contribution is 5.80. The van der Waals surface area contributed by atoms with Gasteiger partial charge in [-0.15, -0.1) is 0 Å². The summed E-state index contributed by atoms with van der Waals surface area (Å²) >= 11 is 0. The summed E-state index contributed by atoms with van der Waals surface area (Å²) in [7, 11) is 0. The number of nitrogens with one attached hydrogen (secondary N) is 2. The van der Waals surface area contributed by atoms with Crippen LogP contribution in [0.5, 0.6) is 0 Å². The van der Waals surface area contributed by atoms with Gasteiger partial charge >= 0.3 is 0 Å². The number of rotatable bonds is 6. The normalized spacial score (nSPS) is 23.6. The van der Waals surface area contributed by atoms with E-state index in [1.165, 1.54) is 0 Å².